The summed E-state index contributed by atoms with van der Waals surface area (Å²) in [5, 5.41) is 13.2. The highest BCUT2D eigenvalue weighted by atomic mass is 32.2. The van der Waals surface area contributed by atoms with Crippen LogP contribution < -0.4 is 10.0 Å². The third-order valence-corrected chi connectivity index (χ3v) is 5.40. The molecule has 1 amide bonds. The average Bonchev–Trinajstić information content (AvgIpc) is 2.62. The van der Waals surface area contributed by atoms with E-state index >= 15 is 0 Å². The maximum absolute atomic E-state index is 13.3. The molecule has 0 spiro atoms. The van der Waals surface area contributed by atoms with E-state index in [2.05, 4.69) is 10.0 Å². The fraction of sp³-hybridized carbons (Fsp3) is 0.235. The van der Waals surface area contributed by atoms with Crippen LogP contribution in [0.3, 0.4) is 0 Å². The van der Waals surface area contributed by atoms with Gasteiger partial charge in [0.15, 0.2) is 0 Å². The molecule has 0 aliphatic rings. The molecular formula is C17H18FN3O5S. The standard InChI is InChI=1S/C17H18FN3O5S/c1-3-11(2)20-27(25,26)14-7-4-12(5-8-14)17(22)19-13-6-9-15(18)16(10-13)21(23)24/h4-11,20H,3H2,1-2H3,(H,19,22). The van der Waals surface area contributed by atoms with Gasteiger partial charge < -0.3 is 5.32 Å². The first kappa shape index (κ1) is 20.5. The number of carbonyl (C=O) groups is 1. The summed E-state index contributed by atoms with van der Waals surface area (Å²) in [6, 6.07) is 7.95. The second kappa shape index (κ2) is 8.23. The minimum absolute atomic E-state index is 0.0109. The van der Waals surface area contributed by atoms with Crippen LogP contribution >= 0.6 is 0 Å². The predicted molar refractivity (Wildman–Crippen MR) is 97.5 cm³/mol. The molecule has 27 heavy (non-hydrogen) atoms. The molecule has 0 radical (unpaired) electrons. The van der Waals surface area contributed by atoms with Crippen LogP contribution in [0.4, 0.5) is 15.8 Å². The van der Waals surface area contributed by atoms with E-state index in [4.69, 9.17) is 0 Å². The Kier molecular flexibility index (Phi) is 6.24. The van der Waals surface area contributed by atoms with E-state index in [1.807, 2.05) is 6.92 Å². The molecular weight excluding hydrogens is 377 g/mol. The summed E-state index contributed by atoms with van der Waals surface area (Å²) >= 11 is 0. The van der Waals surface area contributed by atoms with Crippen LogP contribution in [0.25, 0.3) is 0 Å². The normalized spacial score (nSPS) is 12.4. The Morgan fingerprint density at radius 2 is 1.85 bits per heavy atom. The van der Waals surface area contributed by atoms with Gasteiger partial charge in [0.25, 0.3) is 5.91 Å². The summed E-state index contributed by atoms with van der Waals surface area (Å²) in [6.45, 7) is 3.58. The quantitative estimate of drug-likeness (QED) is 0.552. The third-order valence-electron chi connectivity index (χ3n) is 3.80. The highest BCUT2D eigenvalue weighted by Gasteiger charge is 2.18. The third kappa shape index (κ3) is 5.08. The Balaban J connectivity index is 2.17. The smallest absolute Gasteiger partial charge is 0.306 e. The second-order valence-corrected chi connectivity index (χ2v) is 7.55. The number of benzene rings is 2. The van der Waals surface area contributed by atoms with Crippen LogP contribution in [0, 0.1) is 15.9 Å². The lowest BCUT2D eigenvalue weighted by Crippen LogP contribution is -2.32. The highest BCUT2D eigenvalue weighted by molar-refractivity contribution is 7.89. The van der Waals surface area contributed by atoms with Gasteiger partial charge in [-0.05, 0) is 49.7 Å². The summed E-state index contributed by atoms with van der Waals surface area (Å²) in [6.07, 6.45) is 0.628. The monoisotopic (exact) mass is 395 g/mol. The number of nitro groups is 1. The number of halogens is 1. The van der Waals surface area contributed by atoms with Crippen molar-refractivity contribution in [2.75, 3.05) is 5.32 Å². The van der Waals surface area contributed by atoms with Gasteiger partial charge in [-0.25, -0.2) is 13.1 Å². The lowest BCUT2D eigenvalue weighted by Gasteiger charge is -2.12. The number of nitro benzene ring substituents is 1. The molecule has 0 aliphatic carbocycles. The van der Waals surface area contributed by atoms with Crippen molar-refractivity contribution in [1.82, 2.24) is 4.72 Å². The van der Waals surface area contributed by atoms with E-state index in [0.29, 0.717) is 6.42 Å². The maximum atomic E-state index is 13.3. The van der Waals surface area contributed by atoms with Crippen molar-refractivity contribution in [3.05, 3.63) is 64.0 Å². The zero-order valence-corrected chi connectivity index (χ0v) is 15.4. The maximum Gasteiger partial charge on any atom is 0.306 e. The van der Waals surface area contributed by atoms with Crippen molar-refractivity contribution >= 4 is 27.3 Å². The Morgan fingerprint density at radius 3 is 2.41 bits per heavy atom. The minimum atomic E-state index is -3.69. The SMILES string of the molecule is CCC(C)NS(=O)(=O)c1ccc(C(=O)Nc2ccc(F)c([N+](=O)[O-])c2)cc1. The van der Waals surface area contributed by atoms with Crippen molar-refractivity contribution in [1.29, 1.82) is 0 Å². The summed E-state index contributed by atoms with van der Waals surface area (Å²) in [4.78, 5) is 22.1. The Hall–Kier alpha value is -2.85. The van der Waals surface area contributed by atoms with Crippen LogP contribution in [0.2, 0.25) is 0 Å². The molecule has 10 heteroatoms. The van der Waals surface area contributed by atoms with Crippen LogP contribution in [-0.4, -0.2) is 25.3 Å². The number of hydrogen-bond donors (Lipinski definition) is 2. The molecule has 0 aromatic heterocycles. The van der Waals surface area contributed by atoms with E-state index in [1.165, 1.54) is 30.3 Å². The Morgan fingerprint density at radius 1 is 1.22 bits per heavy atom. The number of nitrogens with zero attached hydrogens (tertiary/aromatic N) is 1. The predicted octanol–water partition coefficient (Wildman–Crippen LogP) is 3.06. The number of hydrogen-bond acceptors (Lipinski definition) is 5. The molecule has 2 N–H and O–H groups in total. The van der Waals surface area contributed by atoms with E-state index in [9.17, 15) is 27.7 Å². The topological polar surface area (TPSA) is 118 Å². The Labute approximate surface area is 155 Å². The largest absolute Gasteiger partial charge is 0.322 e. The van der Waals surface area contributed by atoms with Gasteiger partial charge in [0.2, 0.25) is 15.8 Å². The number of carbonyl (C=O) groups excluding carboxylic acids is 1. The molecule has 0 saturated carbocycles. The van der Waals surface area contributed by atoms with Crippen molar-refractivity contribution in [2.45, 2.75) is 31.2 Å². The van der Waals surface area contributed by atoms with E-state index in [1.54, 1.807) is 6.92 Å². The number of amides is 1. The lowest BCUT2D eigenvalue weighted by molar-refractivity contribution is -0.387. The number of anilines is 1. The molecule has 2 rings (SSSR count). The van der Waals surface area contributed by atoms with Gasteiger partial charge in [0.05, 0.1) is 9.82 Å². The summed E-state index contributed by atoms with van der Waals surface area (Å²) in [5.74, 6) is -1.63. The molecule has 0 heterocycles. The summed E-state index contributed by atoms with van der Waals surface area (Å²) in [5.41, 5.74) is -0.571. The molecule has 1 atom stereocenters. The van der Waals surface area contributed by atoms with Crippen LogP contribution in [0.15, 0.2) is 47.4 Å². The van der Waals surface area contributed by atoms with Crippen LogP contribution in [-0.2, 0) is 10.0 Å². The Bertz CT molecular complexity index is 961. The fourth-order valence-electron chi connectivity index (χ4n) is 2.14. The number of sulfonamides is 1. The first-order chi connectivity index (χ1) is 12.6. The van der Waals surface area contributed by atoms with Crippen molar-refractivity contribution in [3.63, 3.8) is 0 Å². The summed E-state index contributed by atoms with van der Waals surface area (Å²) < 4.78 is 40.2. The minimum Gasteiger partial charge on any atom is -0.322 e. The van der Waals surface area contributed by atoms with Gasteiger partial charge in [-0.1, -0.05) is 6.92 Å². The van der Waals surface area contributed by atoms with Gasteiger partial charge >= 0.3 is 5.69 Å². The zero-order chi connectivity index (χ0) is 20.2. The van der Waals surface area contributed by atoms with Gasteiger partial charge in [-0.3, -0.25) is 14.9 Å². The van der Waals surface area contributed by atoms with E-state index < -0.39 is 32.4 Å². The molecule has 8 nitrogen and oxygen atoms in total. The number of nitrogens with one attached hydrogen (secondary N) is 2. The molecule has 2 aromatic carbocycles. The fourth-order valence-corrected chi connectivity index (χ4v) is 3.46. The molecule has 2 aromatic rings. The zero-order valence-electron chi connectivity index (χ0n) is 14.6. The van der Waals surface area contributed by atoms with Crippen molar-refractivity contribution in [2.24, 2.45) is 0 Å². The van der Waals surface area contributed by atoms with Gasteiger partial charge in [0, 0.05) is 23.4 Å². The molecule has 0 bridgehead atoms. The van der Waals surface area contributed by atoms with E-state index in [0.717, 1.165) is 12.1 Å². The van der Waals surface area contributed by atoms with Gasteiger partial charge in [-0.2, -0.15) is 4.39 Å². The summed E-state index contributed by atoms with van der Waals surface area (Å²) in [7, 11) is -3.69. The van der Waals surface area contributed by atoms with Gasteiger partial charge in [0.1, 0.15) is 0 Å². The van der Waals surface area contributed by atoms with Crippen molar-refractivity contribution < 1.29 is 22.5 Å². The molecule has 144 valence electrons. The van der Waals surface area contributed by atoms with E-state index in [-0.39, 0.29) is 22.2 Å². The molecule has 0 fully saturated rings. The highest BCUT2D eigenvalue weighted by Crippen LogP contribution is 2.22. The van der Waals surface area contributed by atoms with Crippen LogP contribution in [0.1, 0.15) is 30.6 Å². The molecule has 0 aliphatic heterocycles. The average molecular weight is 395 g/mol. The van der Waals surface area contributed by atoms with Crippen LogP contribution in [0.5, 0.6) is 0 Å². The number of rotatable bonds is 7. The van der Waals surface area contributed by atoms with Crippen molar-refractivity contribution in [3.8, 4) is 0 Å². The van der Waals surface area contributed by atoms with Gasteiger partial charge in [-0.15, -0.1) is 0 Å². The lowest BCUT2D eigenvalue weighted by atomic mass is 10.2. The first-order valence-corrected chi connectivity index (χ1v) is 9.50. The molecule has 0 saturated heterocycles. The first-order valence-electron chi connectivity index (χ1n) is 8.01. The second-order valence-electron chi connectivity index (χ2n) is 5.83. The molecule has 1 unspecified atom stereocenters.